The first-order valence-electron chi connectivity index (χ1n) is 8.92. The number of hydrogen-bond donors (Lipinski definition) is 2. The Balaban J connectivity index is 1.72. The van der Waals surface area contributed by atoms with E-state index in [0.717, 1.165) is 32.5 Å². The molecule has 1 heterocycles. The third kappa shape index (κ3) is 4.62. The smallest absolute Gasteiger partial charge is 0.0447 e. The molecule has 2 unspecified atom stereocenters. The molecule has 1 fully saturated rings. The third-order valence-electron chi connectivity index (χ3n) is 5.25. The molecular weight excluding hydrogens is 316 g/mol. The van der Waals surface area contributed by atoms with Gasteiger partial charge in [0.1, 0.15) is 0 Å². The Bertz CT molecular complexity index is 560. The number of benzene rings is 1. The average Bonchev–Trinajstić information content (AvgIpc) is 2.95. The minimum absolute atomic E-state index is 0.284. The molecule has 130 valence electrons. The number of hydrogen-bond acceptors (Lipinski definition) is 5. The van der Waals surface area contributed by atoms with E-state index in [0.29, 0.717) is 6.04 Å². The molecule has 1 spiro atoms. The topological polar surface area (TPSA) is 53.6 Å². The van der Waals surface area contributed by atoms with Crippen molar-refractivity contribution in [3.05, 3.63) is 42.7 Å². The molecule has 1 aromatic carbocycles. The van der Waals surface area contributed by atoms with Crippen LogP contribution in [0.4, 0.5) is 0 Å². The fraction of sp³-hybridized carbons (Fsp3) is 0.526. The van der Waals surface area contributed by atoms with Crippen LogP contribution in [0.1, 0.15) is 32.1 Å². The van der Waals surface area contributed by atoms with Crippen LogP contribution in [0, 0.1) is 5.41 Å². The minimum Gasteiger partial charge on any atom is -0.390 e. The molecule has 3 rings (SSSR count). The molecule has 0 radical (unpaired) electrons. The van der Waals surface area contributed by atoms with Crippen molar-refractivity contribution in [2.24, 2.45) is 16.1 Å². The van der Waals surface area contributed by atoms with Crippen molar-refractivity contribution in [1.29, 1.82) is 0 Å². The van der Waals surface area contributed by atoms with Crippen molar-refractivity contribution in [3.63, 3.8) is 0 Å². The van der Waals surface area contributed by atoms with E-state index in [-0.39, 0.29) is 5.41 Å². The van der Waals surface area contributed by atoms with Gasteiger partial charge in [-0.2, -0.15) is 0 Å². The number of aliphatic imine (C=N–C) groups is 1. The first-order valence-corrected chi connectivity index (χ1v) is 9.69. The summed E-state index contributed by atoms with van der Waals surface area (Å²) in [6.07, 6.45) is 11.8. The third-order valence-corrected chi connectivity index (χ3v) is 6.32. The Kier molecular flexibility index (Phi) is 6.35. The van der Waals surface area contributed by atoms with Gasteiger partial charge < -0.3 is 11.1 Å². The van der Waals surface area contributed by atoms with Crippen molar-refractivity contribution >= 4 is 18.2 Å². The van der Waals surface area contributed by atoms with Gasteiger partial charge in [0.05, 0.1) is 0 Å². The van der Waals surface area contributed by atoms with Gasteiger partial charge in [-0.3, -0.25) is 4.99 Å². The zero-order valence-corrected chi connectivity index (χ0v) is 15.0. The van der Waals surface area contributed by atoms with E-state index in [4.69, 9.17) is 5.73 Å². The second kappa shape index (κ2) is 8.70. The van der Waals surface area contributed by atoms with E-state index < -0.39 is 0 Å². The van der Waals surface area contributed by atoms with E-state index >= 15 is 0 Å². The minimum atomic E-state index is 0.284. The van der Waals surface area contributed by atoms with Crippen LogP contribution in [0.25, 0.3) is 0 Å². The predicted molar refractivity (Wildman–Crippen MR) is 103 cm³/mol. The zero-order chi connectivity index (χ0) is 16.7. The molecular formula is C19H28N4S. The highest BCUT2D eigenvalue weighted by Gasteiger charge is 2.40. The van der Waals surface area contributed by atoms with Gasteiger partial charge in [-0.1, -0.05) is 24.6 Å². The summed E-state index contributed by atoms with van der Waals surface area (Å²) in [4.78, 5) is 5.63. The van der Waals surface area contributed by atoms with Gasteiger partial charge in [0, 0.05) is 49.2 Å². The van der Waals surface area contributed by atoms with Crippen molar-refractivity contribution < 1.29 is 0 Å². The van der Waals surface area contributed by atoms with Crippen molar-refractivity contribution in [2.75, 3.05) is 19.6 Å². The van der Waals surface area contributed by atoms with Crippen LogP contribution in [0.3, 0.4) is 0 Å². The first-order chi connectivity index (χ1) is 11.8. The van der Waals surface area contributed by atoms with Crippen molar-refractivity contribution in [2.45, 2.75) is 43.0 Å². The summed E-state index contributed by atoms with van der Waals surface area (Å²) in [5, 5.41) is 3.36. The number of rotatable bonds is 2. The SMILES string of the molecule is NC1CCCC12CCN/C=C/N=C\CN(Sc1ccccc1)CC2. The summed E-state index contributed by atoms with van der Waals surface area (Å²) in [6, 6.07) is 10.9. The molecule has 1 saturated carbocycles. The highest BCUT2D eigenvalue weighted by molar-refractivity contribution is 7.97. The second-order valence-corrected chi connectivity index (χ2v) is 7.93. The van der Waals surface area contributed by atoms with Gasteiger partial charge in [-0.15, -0.1) is 0 Å². The molecule has 2 atom stereocenters. The van der Waals surface area contributed by atoms with E-state index in [1.54, 1.807) is 0 Å². The summed E-state index contributed by atoms with van der Waals surface area (Å²) in [6.45, 7) is 2.86. The first kappa shape index (κ1) is 17.5. The van der Waals surface area contributed by atoms with Crippen LogP contribution in [0.15, 0.2) is 52.6 Å². The van der Waals surface area contributed by atoms with Crippen LogP contribution in [-0.2, 0) is 0 Å². The second-order valence-electron chi connectivity index (χ2n) is 6.75. The lowest BCUT2D eigenvalue weighted by molar-refractivity contribution is 0.203. The Morgan fingerprint density at radius 2 is 2.08 bits per heavy atom. The molecule has 1 aliphatic carbocycles. The lowest BCUT2D eigenvalue weighted by Crippen LogP contribution is -2.41. The zero-order valence-electron chi connectivity index (χ0n) is 14.2. The highest BCUT2D eigenvalue weighted by Crippen LogP contribution is 2.43. The Morgan fingerprint density at radius 3 is 2.88 bits per heavy atom. The van der Waals surface area contributed by atoms with Crippen LogP contribution in [0.2, 0.25) is 0 Å². The van der Waals surface area contributed by atoms with E-state index in [2.05, 4.69) is 44.9 Å². The molecule has 0 aromatic heterocycles. The monoisotopic (exact) mass is 344 g/mol. The largest absolute Gasteiger partial charge is 0.390 e. The fourth-order valence-electron chi connectivity index (χ4n) is 3.76. The lowest BCUT2D eigenvalue weighted by Gasteiger charge is -2.35. The van der Waals surface area contributed by atoms with Gasteiger partial charge in [-0.25, -0.2) is 4.31 Å². The molecule has 4 nitrogen and oxygen atoms in total. The van der Waals surface area contributed by atoms with Gasteiger partial charge in [-0.05, 0) is 55.2 Å². The molecule has 1 aromatic rings. The van der Waals surface area contributed by atoms with E-state index in [1.807, 2.05) is 30.6 Å². The fourth-order valence-corrected chi connectivity index (χ4v) is 4.66. The molecule has 1 aliphatic heterocycles. The summed E-state index contributed by atoms with van der Waals surface area (Å²) in [5.41, 5.74) is 6.81. The van der Waals surface area contributed by atoms with Crippen molar-refractivity contribution in [3.8, 4) is 0 Å². The Morgan fingerprint density at radius 1 is 1.21 bits per heavy atom. The molecule has 5 heteroatoms. The number of nitrogens with one attached hydrogen (secondary N) is 1. The Labute approximate surface area is 149 Å². The summed E-state index contributed by atoms with van der Waals surface area (Å²) in [7, 11) is 0. The summed E-state index contributed by atoms with van der Waals surface area (Å²) in [5.74, 6) is 0. The maximum absolute atomic E-state index is 6.53. The molecule has 0 bridgehead atoms. The molecule has 2 aliphatic rings. The quantitative estimate of drug-likeness (QED) is 0.807. The number of nitrogens with two attached hydrogens (primary N) is 1. The van der Waals surface area contributed by atoms with Gasteiger partial charge >= 0.3 is 0 Å². The van der Waals surface area contributed by atoms with E-state index in [1.165, 1.54) is 24.2 Å². The molecule has 0 amide bonds. The maximum Gasteiger partial charge on any atom is 0.0447 e. The van der Waals surface area contributed by atoms with Crippen LogP contribution in [0.5, 0.6) is 0 Å². The average molecular weight is 345 g/mol. The highest BCUT2D eigenvalue weighted by atomic mass is 32.2. The molecule has 3 N–H and O–H groups in total. The van der Waals surface area contributed by atoms with Gasteiger partial charge in [0.2, 0.25) is 0 Å². The summed E-state index contributed by atoms with van der Waals surface area (Å²) >= 11 is 1.82. The van der Waals surface area contributed by atoms with Gasteiger partial charge in [0.25, 0.3) is 0 Å². The van der Waals surface area contributed by atoms with Crippen LogP contribution >= 0.6 is 11.9 Å². The van der Waals surface area contributed by atoms with Gasteiger partial charge in [0.15, 0.2) is 0 Å². The standard InChI is InChI=1S/C19H28N4S/c20-18-7-4-8-19(18)9-11-21-12-13-22-14-16-23(15-10-19)24-17-5-2-1-3-6-17/h1-3,5-6,12-14,18,21H,4,7-11,15-16,20H2/b13-12+,22-14-. The predicted octanol–water partition coefficient (Wildman–Crippen LogP) is 3.42. The Hall–Kier alpha value is -1.30. The normalized spacial score (nSPS) is 31.8. The van der Waals surface area contributed by atoms with Crippen molar-refractivity contribution in [1.82, 2.24) is 9.62 Å². The maximum atomic E-state index is 6.53. The number of nitrogens with zero attached hydrogens (tertiary/aromatic N) is 2. The molecule has 0 saturated heterocycles. The lowest BCUT2D eigenvalue weighted by atomic mass is 9.76. The van der Waals surface area contributed by atoms with Crippen LogP contribution < -0.4 is 11.1 Å². The van der Waals surface area contributed by atoms with Crippen LogP contribution in [-0.4, -0.2) is 36.2 Å². The molecule has 24 heavy (non-hydrogen) atoms. The summed E-state index contributed by atoms with van der Waals surface area (Å²) < 4.78 is 2.41. The van der Waals surface area contributed by atoms with E-state index in [9.17, 15) is 0 Å².